The van der Waals surface area contributed by atoms with Crippen molar-refractivity contribution in [3.63, 3.8) is 0 Å². The molecule has 1 aromatic carbocycles. The summed E-state index contributed by atoms with van der Waals surface area (Å²) >= 11 is 1.52. The van der Waals surface area contributed by atoms with Gasteiger partial charge in [0.1, 0.15) is 12.1 Å². The standard InChI is InChI=1S/C20H23N3O5S/c1-12(16-6-5-9-29-16)21-17(24)11-23-18(25)20(2,22-19(23)26)13-7-8-14(27-3)15(10-13)28-4/h5-10,12H,11H2,1-4H3,(H,21,24)(H,22,26)/t12-,20+/m1/s1. The van der Waals surface area contributed by atoms with Gasteiger partial charge in [0.25, 0.3) is 5.91 Å². The Kier molecular flexibility index (Phi) is 5.78. The zero-order chi connectivity index (χ0) is 21.2. The minimum absolute atomic E-state index is 0.208. The maximum atomic E-state index is 13.0. The summed E-state index contributed by atoms with van der Waals surface area (Å²) in [5.74, 6) is 0.0317. The van der Waals surface area contributed by atoms with E-state index in [9.17, 15) is 14.4 Å². The summed E-state index contributed by atoms with van der Waals surface area (Å²) in [5.41, 5.74) is -0.778. The van der Waals surface area contributed by atoms with Gasteiger partial charge in [-0.25, -0.2) is 4.79 Å². The van der Waals surface area contributed by atoms with E-state index in [1.165, 1.54) is 25.6 Å². The summed E-state index contributed by atoms with van der Waals surface area (Å²) in [5, 5.41) is 7.42. The number of rotatable bonds is 7. The largest absolute Gasteiger partial charge is 0.493 e. The molecule has 3 rings (SSSR count). The van der Waals surface area contributed by atoms with Crippen molar-refractivity contribution in [2.24, 2.45) is 0 Å². The van der Waals surface area contributed by atoms with E-state index in [4.69, 9.17) is 9.47 Å². The number of benzene rings is 1. The molecule has 1 fully saturated rings. The molecule has 0 spiro atoms. The van der Waals surface area contributed by atoms with Crippen LogP contribution in [0, 0.1) is 0 Å². The molecule has 0 aliphatic carbocycles. The summed E-state index contributed by atoms with van der Waals surface area (Å²) in [6.07, 6.45) is 0. The number of imide groups is 1. The Morgan fingerprint density at radius 3 is 2.59 bits per heavy atom. The minimum atomic E-state index is -1.31. The average Bonchev–Trinajstić information content (AvgIpc) is 3.31. The summed E-state index contributed by atoms with van der Waals surface area (Å²) in [6.45, 7) is 3.09. The minimum Gasteiger partial charge on any atom is -0.493 e. The van der Waals surface area contributed by atoms with Crippen molar-refractivity contribution < 1.29 is 23.9 Å². The third-order valence-corrected chi connectivity index (χ3v) is 5.94. The molecule has 0 radical (unpaired) electrons. The molecule has 1 saturated heterocycles. The number of thiophene rings is 1. The molecule has 1 aliphatic heterocycles. The predicted octanol–water partition coefficient (Wildman–Crippen LogP) is 2.41. The highest BCUT2D eigenvalue weighted by Gasteiger charge is 2.49. The van der Waals surface area contributed by atoms with Crippen LogP contribution in [0.5, 0.6) is 11.5 Å². The lowest BCUT2D eigenvalue weighted by molar-refractivity contribution is -0.135. The number of amides is 4. The monoisotopic (exact) mass is 417 g/mol. The number of nitrogens with one attached hydrogen (secondary N) is 2. The second-order valence-corrected chi connectivity index (χ2v) is 7.80. The van der Waals surface area contributed by atoms with Crippen molar-refractivity contribution in [1.82, 2.24) is 15.5 Å². The van der Waals surface area contributed by atoms with E-state index >= 15 is 0 Å². The van der Waals surface area contributed by atoms with Crippen LogP contribution in [0.1, 0.15) is 30.3 Å². The van der Waals surface area contributed by atoms with Gasteiger partial charge < -0.3 is 20.1 Å². The van der Waals surface area contributed by atoms with Gasteiger partial charge in [-0.2, -0.15) is 0 Å². The van der Waals surface area contributed by atoms with Gasteiger partial charge in [0, 0.05) is 4.88 Å². The Balaban J connectivity index is 1.76. The number of ether oxygens (including phenoxy) is 2. The van der Waals surface area contributed by atoms with Gasteiger partial charge in [-0.1, -0.05) is 12.1 Å². The van der Waals surface area contributed by atoms with Crippen molar-refractivity contribution in [3.8, 4) is 11.5 Å². The normalized spacial score (nSPS) is 19.7. The van der Waals surface area contributed by atoms with Crippen LogP contribution < -0.4 is 20.1 Å². The van der Waals surface area contributed by atoms with Gasteiger partial charge in [-0.05, 0) is 43.0 Å². The zero-order valence-corrected chi connectivity index (χ0v) is 17.5. The van der Waals surface area contributed by atoms with Crippen molar-refractivity contribution >= 4 is 29.2 Å². The van der Waals surface area contributed by atoms with Gasteiger partial charge in [0.15, 0.2) is 11.5 Å². The third kappa shape index (κ3) is 3.91. The van der Waals surface area contributed by atoms with Crippen LogP contribution in [-0.2, 0) is 15.1 Å². The Morgan fingerprint density at radius 2 is 1.97 bits per heavy atom. The topological polar surface area (TPSA) is 97.0 Å². The Bertz CT molecular complexity index is 930. The molecule has 2 heterocycles. The molecular formula is C20H23N3O5S. The summed E-state index contributed by atoms with van der Waals surface area (Å²) < 4.78 is 10.5. The fraction of sp³-hybridized carbons (Fsp3) is 0.350. The number of nitrogens with zero attached hydrogens (tertiary/aromatic N) is 1. The Hall–Kier alpha value is -3.07. The van der Waals surface area contributed by atoms with Crippen molar-refractivity contribution in [2.75, 3.05) is 20.8 Å². The molecule has 2 N–H and O–H groups in total. The van der Waals surface area contributed by atoms with E-state index < -0.39 is 23.4 Å². The second-order valence-electron chi connectivity index (χ2n) is 6.82. The van der Waals surface area contributed by atoms with E-state index in [2.05, 4.69) is 10.6 Å². The van der Waals surface area contributed by atoms with Gasteiger partial charge >= 0.3 is 6.03 Å². The molecule has 0 unspecified atom stereocenters. The second kappa shape index (κ2) is 8.12. The van der Waals surface area contributed by atoms with Gasteiger partial charge in [0.05, 0.1) is 20.3 Å². The van der Waals surface area contributed by atoms with E-state index in [1.807, 2.05) is 24.4 Å². The van der Waals surface area contributed by atoms with Crippen molar-refractivity contribution in [1.29, 1.82) is 0 Å². The number of hydrogen-bond donors (Lipinski definition) is 2. The quantitative estimate of drug-likeness (QED) is 0.675. The molecule has 2 atom stereocenters. The number of carbonyl (C=O) groups is 3. The SMILES string of the molecule is COc1ccc([C@]2(C)NC(=O)N(CC(=O)N[C@H](C)c3cccs3)C2=O)cc1OC. The van der Waals surface area contributed by atoms with Gasteiger partial charge in [-0.15, -0.1) is 11.3 Å². The fourth-order valence-corrected chi connectivity index (χ4v) is 3.96. The molecule has 0 saturated carbocycles. The maximum Gasteiger partial charge on any atom is 0.325 e. The fourth-order valence-electron chi connectivity index (χ4n) is 3.22. The Morgan fingerprint density at radius 1 is 1.24 bits per heavy atom. The molecule has 4 amide bonds. The van der Waals surface area contributed by atoms with E-state index in [-0.39, 0.29) is 12.6 Å². The Labute approximate surface area is 172 Å². The lowest BCUT2D eigenvalue weighted by Crippen LogP contribution is -2.43. The lowest BCUT2D eigenvalue weighted by Gasteiger charge is -2.23. The molecule has 29 heavy (non-hydrogen) atoms. The highest BCUT2D eigenvalue weighted by atomic mass is 32.1. The van der Waals surface area contributed by atoms with Crippen LogP contribution in [0.2, 0.25) is 0 Å². The van der Waals surface area contributed by atoms with Crippen molar-refractivity contribution in [3.05, 3.63) is 46.2 Å². The molecular weight excluding hydrogens is 394 g/mol. The zero-order valence-electron chi connectivity index (χ0n) is 16.6. The van der Waals surface area contributed by atoms with Crippen LogP contribution in [0.4, 0.5) is 4.79 Å². The average molecular weight is 417 g/mol. The summed E-state index contributed by atoms with van der Waals surface area (Å²) in [4.78, 5) is 39.8. The lowest BCUT2D eigenvalue weighted by atomic mass is 9.91. The third-order valence-electron chi connectivity index (χ3n) is 4.89. The predicted molar refractivity (Wildman–Crippen MR) is 108 cm³/mol. The van der Waals surface area contributed by atoms with Crippen LogP contribution in [0.3, 0.4) is 0 Å². The first-order chi connectivity index (χ1) is 13.8. The molecule has 1 aliphatic rings. The van der Waals surface area contributed by atoms with Crippen LogP contribution >= 0.6 is 11.3 Å². The van der Waals surface area contributed by atoms with E-state index in [1.54, 1.807) is 25.1 Å². The molecule has 8 nitrogen and oxygen atoms in total. The highest BCUT2D eigenvalue weighted by molar-refractivity contribution is 7.10. The summed E-state index contributed by atoms with van der Waals surface area (Å²) in [7, 11) is 3.00. The van der Waals surface area contributed by atoms with E-state index in [0.29, 0.717) is 17.1 Å². The maximum absolute atomic E-state index is 13.0. The number of hydrogen-bond acceptors (Lipinski definition) is 6. The number of urea groups is 1. The van der Waals surface area contributed by atoms with Gasteiger partial charge in [-0.3, -0.25) is 14.5 Å². The number of carbonyl (C=O) groups excluding carboxylic acids is 3. The molecule has 0 bridgehead atoms. The highest BCUT2D eigenvalue weighted by Crippen LogP contribution is 2.35. The van der Waals surface area contributed by atoms with Gasteiger partial charge in [0.2, 0.25) is 5.91 Å². The first-order valence-electron chi connectivity index (χ1n) is 8.99. The van der Waals surface area contributed by atoms with Crippen LogP contribution in [0.15, 0.2) is 35.7 Å². The smallest absolute Gasteiger partial charge is 0.325 e. The molecule has 9 heteroatoms. The van der Waals surface area contributed by atoms with Crippen LogP contribution in [0.25, 0.3) is 0 Å². The first kappa shape index (κ1) is 20.7. The molecule has 154 valence electrons. The van der Waals surface area contributed by atoms with Crippen LogP contribution in [-0.4, -0.2) is 43.5 Å². The molecule has 1 aromatic heterocycles. The number of methoxy groups -OCH3 is 2. The summed E-state index contributed by atoms with van der Waals surface area (Å²) in [6, 6.07) is 7.97. The first-order valence-corrected chi connectivity index (χ1v) is 9.87. The van der Waals surface area contributed by atoms with Crippen molar-refractivity contribution in [2.45, 2.75) is 25.4 Å². The van der Waals surface area contributed by atoms with E-state index in [0.717, 1.165) is 9.78 Å². The molecule has 2 aromatic rings.